The zero-order valence-corrected chi connectivity index (χ0v) is 3.68. The van der Waals surface area contributed by atoms with E-state index in [2.05, 4.69) is 10.3 Å². The standard InChI is InChI=1S/C5H4N2/c1-2-4-5(7-4)6-3-1/h1-3H,(H,6,7). The summed E-state index contributed by atoms with van der Waals surface area (Å²) in [6, 6.07) is 3.92. The molecule has 0 spiro atoms. The first-order valence-corrected chi connectivity index (χ1v) is 2.19. The number of nitrogens with one attached hydrogen (secondary N) is 1. The number of hydrogen-bond donors (Lipinski definition) is 1. The molecule has 2 heterocycles. The highest BCUT2D eigenvalue weighted by Crippen LogP contribution is 2.33. The van der Waals surface area contributed by atoms with Crippen molar-refractivity contribution in [3.8, 4) is 0 Å². The Morgan fingerprint density at radius 3 is 3.14 bits per heavy atom. The Morgan fingerprint density at radius 2 is 2.57 bits per heavy atom. The Labute approximate surface area is 41.2 Å². The molecule has 0 fully saturated rings. The topological polar surface area (TPSA) is 34.8 Å². The number of aromatic nitrogens is 1. The third-order valence-corrected chi connectivity index (χ3v) is 0.998. The maximum Gasteiger partial charge on any atom is 0.154 e. The second-order valence-electron chi connectivity index (χ2n) is 1.52. The normalized spacial score (nSPS) is 12.0. The Hall–Kier alpha value is -1.05. The van der Waals surface area contributed by atoms with Gasteiger partial charge in [-0.3, -0.25) is 0 Å². The van der Waals surface area contributed by atoms with Gasteiger partial charge >= 0.3 is 0 Å². The highest BCUT2D eigenvalue weighted by Gasteiger charge is 2.13. The predicted octanol–water partition coefficient (Wildman–Crippen LogP) is 1.14. The molecular formula is C5H4N2. The molecular weight excluding hydrogens is 88.1 g/mol. The maximum atomic E-state index is 3.96. The molecule has 0 aromatic carbocycles. The van der Waals surface area contributed by atoms with E-state index >= 15 is 0 Å². The molecule has 0 bridgehead atoms. The van der Waals surface area contributed by atoms with E-state index in [1.165, 1.54) is 5.69 Å². The molecule has 0 aliphatic carbocycles. The molecule has 1 aliphatic rings. The van der Waals surface area contributed by atoms with Crippen molar-refractivity contribution in [3.05, 3.63) is 18.3 Å². The number of pyridine rings is 1. The van der Waals surface area contributed by atoms with Gasteiger partial charge in [0.25, 0.3) is 0 Å². The summed E-state index contributed by atoms with van der Waals surface area (Å²) in [5.41, 5.74) is 1.17. The van der Waals surface area contributed by atoms with Crippen molar-refractivity contribution >= 4 is 11.5 Å². The summed E-state index contributed by atoms with van der Waals surface area (Å²) in [4.78, 5) is 3.96. The fourth-order valence-corrected chi connectivity index (χ4v) is 0.576. The number of hydrogen-bond acceptors (Lipinski definition) is 2. The fraction of sp³-hybridized carbons (Fsp3) is 0. The van der Waals surface area contributed by atoms with E-state index in [0.29, 0.717) is 0 Å². The van der Waals surface area contributed by atoms with Crippen LogP contribution in [0.15, 0.2) is 18.3 Å². The van der Waals surface area contributed by atoms with Crippen molar-refractivity contribution in [1.29, 1.82) is 0 Å². The molecule has 0 saturated heterocycles. The molecule has 2 nitrogen and oxygen atoms in total. The van der Waals surface area contributed by atoms with Gasteiger partial charge in [-0.15, -0.1) is 0 Å². The lowest BCUT2D eigenvalue weighted by Crippen LogP contribution is -1.54. The van der Waals surface area contributed by atoms with Gasteiger partial charge in [-0.05, 0) is 12.1 Å². The molecule has 2 heteroatoms. The van der Waals surface area contributed by atoms with Gasteiger partial charge < -0.3 is 5.32 Å². The summed E-state index contributed by atoms with van der Waals surface area (Å²) >= 11 is 0. The zero-order chi connectivity index (χ0) is 4.69. The second-order valence-corrected chi connectivity index (χ2v) is 1.52. The van der Waals surface area contributed by atoms with Gasteiger partial charge in [0.2, 0.25) is 0 Å². The monoisotopic (exact) mass is 92.0 g/mol. The largest absolute Gasteiger partial charge is 0.335 e. The first kappa shape index (κ1) is 3.02. The second kappa shape index (κ2) is 0.780. The zero-order valence-electron chi connectivity index (χ0n) is 3.68. The van der Waals surface area contributed by atoms with Gasteiger partial charge in [0, 0.05) is 6.20 Å². The minimum Gasteiger partial charge on any atom is -0.335 e. The summed E-state index contributed by atoms with van der Waals surface area (Å²) < 4.78 is 0. The van der Waals surface area contributed by atoms with Crippen molar-refractivity contribution < 1.29 is 0 Å². The van der Waals surface area contributed by atoms with Crippen LogP contribution in [0.4, 0.5) is 11.5 Å². The minimum atomic E-state index is 1.03. The quantitative estimate of drug-likeness (QED) is 0.494. The van der Waals surface area contributed by atoms with E-state index in [1.807, 2.05) is 12.1 Å². The summed E-state index contributed by atoms with van der Waals surface area (Å²) in [5.74, 6) is 1.03. The van der Waals surface area contributed by atoms with Crippen LogP contribution >= 0.6 is 0 Å². The third kappa shape index (κ3) is 0.302. The van der Waals surface area contributed by atoms with Crippen LogP contribution in [0.2, 0.25) is 0 Å². The minimum absolute atomic E-state index is 1.03. The molecule has 1 aliphatic heterocycles. The Morgan fingerprint density at radius 1 is 1.57 bits per heavy atom. The number of rotatable bonds is 0. The van der Waals surface area contributed by atoms with Crippen molar-refractivity contribution in [2.75, 3.05) is 5.32 Å². The molecule has 34 valence electrons. The maximum absolute atomic E-state index is 3.96. The van der Waals surface area contributed by atoms with Gasteiger partial charge in [0.15, 0.2) is 5.82 Å². The van der Waals surface area contributed by atoms with Crippen LogP contribution < -0.4 is 5.32 Å². The van der Waals surface area contributed by atoms with Gasteiger partial charge in [-0.2, -0.15) is 0 Å². The third-order valence-electron chi connectivity index (χ3n) is 0.998. The lowest BCUT2D eigenvalue weighted by Gasteiger charge is -1.65. The van der Waals surface area contributed by atoms with Gasteiger partial charge in [0.1, 0.15) is 0 Å². The van der Waals surface area contributed by atoms with Crippen LogP contribution in [0.25, 0.3) is 0 Å². The van der Waals surface area contributed by atoms with Crippen LogP contribution in [0.3, 0.4) is 0 Å². The van der Waals surface area contributed by atoms with Gasteiger partial charge in [-0.1, -0.05) is 0 Å². The Kier molecular flexibility index (Phi) is 0.336. The molecule has 0 saturated carbocycles. The predicted molar refractivity (Wildman–Crippen MR) is 27.5 cm³/mol. The van der Waals surface area contributed by atoms with E-state index < -0.39 is 0 Å². The summed E-state index contributed by atoms with van der Waals surface area (Å²) in [5, 5.41) is 2.98. The smallest absolute Gasteiger partial charge is 0.154 e. The SMILES string of the molecule is c1cnc2c(c1)N2. The van der Waals surface area contributed by atoms with Crippen molar-refractivity contribution in [3.63, 3.8) is 0 Å². The average Bonchev–Trinajstić information content (AvgIpc) is 2.41. The van der Waals surface area contributed by atoms with Crippen LogP contribution in [0.1, 0.15) is 0 Å². The number of fused-ring (bicyclic) bond motifs is 1. The van der Waals surface area contributed by atoms with E-state index in [1.54, 1.807) is 6.20 Å². The summed E-state index contributed by atoms with van der Waals surface area (Å²) in [7, 11) is 0. The molecule has 0 amide bonds. The van der Waals surface area contributed by atoms with E-state index in [-0.39, 0.29) is 0 Å². The van der Waals surface area contributed by atoms with Crippen molar-refractivity contribution in [2.24, 2.45) is 0 Å². The number of anilines is 2. The molecule has 0 radical (unpaired) electrons. The first-order chi connectivity index (χ1) is 3.47. The Balaban J connectivity index is 2.73. The first-order valence-electron chi connectivity index (χ1n) is 2.19. The van der Waals surface area contributed by atoms with Crippen LogP contribution in [0.5, 0.6) is 0 Å². The van der Waals surface area contributed by atoms with Gasteiger partial charge in [0.05, 0.1) is 5.69 Å². The highest BCUT2D eigenvalue weighted by atomic mass is 15.1. The fourth-order valence-electron chi connectivity index (χ4n) is 0.576. The van der Waals surface area contributed by atoms with E-state index in [4.69, 9.17) is 0 Å². The average molecular weight is 92.1 g/mol. The van der Waals surface area contributed by atoms with E-state index in [9.17, 15) is 0 Å². The lowest BCUT2D eigenvalue weighted by atomic mass is 10.5. The summed E-state index contributed by atoms with van der Waals surface area (Å²) in [6.07, 6.45) is 1.78. The molecule has 1 aromatic rings. The lowest BCUT2D eigenvalue weighted by molar-refractivity contribution is 1.42. The molecule has 0 atom stereocenters. The van der Waals surface area contributed by atoms with Crippen molar-refractivity contribution in [2.45, 2.75) is 0 Å². The molecule has 0 unspecified atom stereocenters. The molecule has 1 N–H and O–H groups in total. The van der Waals surface area contributed by atoms with Crippen LogP contribution in [0, 0.1) is 0 Å². The number of nitrogens with zero attached hydrogens (tertiary/aromatic N) is 1. The highest BCUT2D eigenvalue weighted by molar-refractivity contribution is 5.85. The Bertz CT molecular complexity index is 174. The van der Waals surface area contributed by atoms with Crippen molar-refractivity contribution in [1.82, 2.24) is 4.98 Å². The summed E-state index contributed by atoms with van der Waals surface area (Å²) in [6.45, 7) is 0. The van der Waals surface area contributed by atoms with Gasteiger partial charge in [-0.25, -0.2) is 4.98 Å². The van der Waals surface area contributed by atoms with Crippen LogP contribution in [-0.4, -0.2) is 4.98 Å². The van der Waals surface area contributed by atoms with Crippen LogP contribution in [-0.2, 0) is 0 Å². The molecule has 2 rings (SSSR count). The molecule has 7 heavy (non-hydrogen) atoms. The van der Waals surface area contributed by atoms with E-state index in [0.717, 1.165) is 5.82 Å². The molecule has 1 aromatic heterocycles.